The third-order valence-corrected chi connectivity index (χ3v) is 3.59. The molecule has 0 bridgehead atoms. The van der Waals surface area contributed by atoms with Gasteiger partial charge in [-0.25, -0.2) is 4.39 Å². The number of hydrogen-bond acceptors (Lipinski definition) is 4. The van der Waals surface area contributed by atoms with Crippen LogP contribution in [0.4, 0.5) is 4.39 Å². The Hall–Kier alpha value is -3.09. The van der Waals surface area contributed by atoms with E-state index < -0.39 is 17.2 Å². The fourth-order valence-corrected chi connectivity index (χ4v) is 2.41. The van der Waals surface area contributed by atoms with Gasteiger partial charge in [0.05, 0.1) is 23.1 Å². The molecule has 0 aliphatic heterocycles. The summed E-state index contributed by atoms with van der Waals surface area (Å²) >= 11 is 0. The van der Waals surface area contributed by atoms with Crippen molar-refractivity contribution in [1.29, 1.82) is 0 Å². The molecule has 3 rings (SSSR count). The highest BCUT2D eigenvalue weighted by Gasteiger charge is 2.17. The molecule has 0 radical (unpaired) electrons. The first-order valence-electron chi connectivity index (χ1n) is 7.48. The summed E-state index contributed by atoms with van der Waals surface area (Å²) < 4.78 is 15.0. The van der Waals surface area contributed by atoms with Gasteiger partial charge in [-0.3, -0.25) is 19.3 Å². The molecule has 0 atom stereocenters. The summed E-state index contributed by atoms with van der Waals surface area (Å²) in [5.41, 5.74) is 0.303. The van der Waals surface area contributed by atoms with E-state index in [1.54, 1.807) is 24.4 Å². The van der Waals surface area contributed by atoms with E-state index in [1.165, 1.54) is 16.8 Å². The van der Waals surface area contributed by atoms with Crippen molar-refractivity contribution in [1.82, 2.24) is 20.1 Å². The third-order valence-electron chi connectivity index (χ3n) is 3.59. The second-order valence-corrected chi connectivity index (χ2v) is 5.16. The lowest BCUT2D eigenvalue weighted by atomic mass is 10.2. The second-order valence-electron chi connectivity index (χ2n) is 5.16. The van der Waals surface area contributed by atoms with E-state index in [2.05, 4.69) is 15.4 Å². The normalized spacial score (nSPS) is 10.8. The Labute approximate surface area is 137 Å². The van der Waals surface area contributed by atoms with Crippen molar-refractivity contribution in [2.24, 2.45) is 0 Å². The molecule has 1 amide bonds. The molecular weight excluding hydrogens is 311 g/mol. The van der Waals surface area contributed by atoms with Crippen molar-refractivity contribution in [2.45, 2.75) is 20.0 Å². The van der Waals surface area contributed by atoms with Gasteiger partial charge in [-0.05, 0) is 37.3 Å². The van der Waals surface area contributed by atoms with Crippen LogP contribution in [0.3, 0.4) is 0 Å². The largest absolute Gasteiger partial charge is 0.345 e. The lowest BCUT2D eigenvalue weighted by Gasteiger charge is -2.10. The molecule has 0 unspecified atom stereocenters. The highest BCUT2D eigenvalue weighted by Crippen LogP contribution is 2.12. The topological polar surface area (TPSA) is 76.9 Å². The van der Waals surface area contributed by atoms with Crippen molar-refractivity contribution in [3.05, 3.63) is 70.0 Å². The summed E-state index contributed by atoms with van der Waals surface area (Å²) in [6.45, 7) is 2.45. The maximum Gasteiger partial charge on any atom is 0.276 e. The molecule has 0 saturated heterocycles. The number of fused-ring (bicyclic) bond motifs is 1. The summed E-state index contributed by atoms with van der Waals surface area (Å²) in [7, 11) is 0. The molecule has 2 heterocycles. The van der Waals surface area contributed by atoms with E-state index in [0.717, 1.165) is 6.07 Å². The molecule has 7 heteroatoms. The zero-order valence-corrected chi connectivity index (χ0v) is 13.0. The van der Waals surface area contributed by atoms with E-state index >= 15 is 0 Å². The summed E-state index contributed by atoms with van der Waals surface area (Å²) in [4.78, 5) is 28.9. The smallest absolute Gasteiger partial charge is 0.276 e. The summed E-state index contributed by atoms with van der Waals surface area (Å²) in [5.74, 6) is -1.15. The van der Waals surface area contributed by atoms with Gasteiger partial charge >= 0.3 is 0 Å². The van der Waals surface area contributed by atoms with Crippen molar-refractivity contribution in [3.8, 4) is 0 Å². The van der Waals surface area contributed by atoms with Gasteiger partial charge in [-0.2, -0.15) is 5.10 Å². The van der Waals surface area contributed by atoms with Gasteiger partial charge in [0.1, 0.15) is 5.82 Å². The molecule has 6 nitrogen and oxygen atoms in total. The van der Waals surface area contributed by atoms with Crippen LogP contribution in [0.5, 0.6) is 0 Å². The number of amides is 1. The number of carbonyl (C=O) groups excluding carboxylic acids is 1. The SMILES string of the molecule is CCn1nc(C(=O)NCc2ccccn2)c(=O)c2cc(F)ccc21. The van der Waals surface area contributed by atoms with Crippen molar-refractivity contribution >= 4 is 16.8 Å². The Bertz CT molecular complexity index is 954. The maximum absolute atomic E-state index is 13.5. The number of aryl methyl sites for hydroxylation is 1. The molecule has 0 saturated carbocycles. The van der Waals surface area contributed by atoms with E-state index in [4.69, 9.17) is 0 Å². The van der Waals surface area contributed by atoms with Crippen LogP contribution < -0.4 is 10.7 Å². The molecule has 0 spiro atoms. The minimum Gasteiger partial charge on any atom is -0.345 e. The number of aromatic nitrogens is 3. The zero-order chi connectivity index (χ0) is 17.1. The predicted octanol–water partition coefficient (Wildman–Crippen LogP) is 1.88. The van der Waals surface area contributed by atoms with Crippen LogP contribution in [0.25, 0.3) is 10.9 Å². The Morgan fingerprint density at radius 1 is 1.29 bits per heavy atom. The van der Waals surface area contributed by atoms with Crippen molar-refractivity contribution in [2.75, 3.05) is 0 Å². The second kappa shape index (κ2) is 6.57. The van der Waals surface area contributed by atoms with E-state index in [9.17, 15) is 14.0 Å². The minimum atomic E-state index is -0.612. The van der Waals surface area contributed by atoms with Crippen LogP contribution in [0, 0.1) is 5.82 Å². The number of carbonyl (C=O) groups is 1. The number of nitrogens with zero attached hydrogens (tertiary/aromatic N) is 3. The Kier molecular flexibility index (Phi) is 4.33. The highest BCUT2D eigenvalue weighted by molar-refractivity contribution is 5.95. The van der Waals surface area contributed by atoms with Crippen LogP contribution in [0.1, 0.15) is 23.1 Å². The molecule has 1 N–H and O–H groups in total. The molecule has 0 fully saturated rings. The quantitative estimate of drug-likeness (QED) is 0.794. The van der Waals surface area contributed by atoms with Crippen LogP contribution >= 0.6 is 0 Å². The number of pyridine rings is 1. The van der Waals surface area contributed by atoms with Crippen molar-refractivity contribution in [3.63, 3.8) is 0 Å². The molecule has 0 aliphatic rings. The Balaban J connectivity index is 1.98. The fourth-order valence-electron chi connectivity index (χ4n) is 2.41. The molecule has 122 valence electrons. The van der Waals surface area contributed by atoms with Gasteiger partial charge in [0.2, 0.25) is 5.43 Å². The lowest BCUT2D eigenvalue weighted by molar-refractivity contribution is 0.0942. The first-order valence-corrected chi connectivity index (χ1v) is 7.48. The van der Waals surface area contributed by atoms with Gasteiger partial charge in [-0.1, -0.05) is 6.07 Å². The molecule has 0 aliphatic carbocycles. The highest BCUT2D eigenvalue weighted by atomic mass is 19.1. The Morgan fingerprint density at radius 2 is 2.12 bits per heavy atom. The van der Waals surface area contributed by atoms with E-state index in [1.807, 2.05) is 6.92 Å². The van der Waals surface area contributed by atoms with Gasteiger partial charge in [0, 0.05) is 12.7 Å². The third kappa shape index (κ3) is 3.01. The standard InChI is InChI=1S/C17H15FN4O2/c1-2-22-14-7-6-11(18)9-13(14)16(23)15(21-22)17(24)20-10-12-5-3-4-8-19-12/h3-9H,2,10H2,1H3,(H,20,24). The van der Waals surface area contributed by atoms with Crippen molar-refractivity contribution < 1.29 is 9.18 Å². The molecule has 2 aromatic heterocycles. The minimum absolute atomic E-state index is 0.134. The number of rotatable bonds is 4. The summed E-state index contributed by atoms with van der Waals surface area (Å²) in [6, 6.07) is 9.20. The number of hydrogen-bond donors (Lipinski definition) is 1. The molecule has 1 aromatic carbocycles. The van der Waals surface area contributed by atoms with E-state index in [0.29, 0.717) is 17.8 Å². The summed E-state index contributed by atoms with van der Waals surface area (Å²) in [5, 5.41) is 6.86. The molecular formula is C17H15FN4O2. The maximum atomic E-state index is 13.5. The van der Waals surface area contributed by atoms with Crippen LogP contribution in [-0.2, 0) is 13.1 Å². The molecule has 24 heavy (non-hydrogen) atoms. The number of benzene rings is 1. The van der Waals surface area contributed by atoms with Gasteiger partial charge in [0.15, 0.2) is 5.69 Å². The van der Waals surface area contributed by atoms with Gasteiger partial charge in [0.25, 0.3) is 5.91 Å². The first kappa shape index (κ1) is 15.8. The predicted molar refractivity (Wildman–Crippen MR) is 87.0 cm³/mol. The van der Waals surface area contributed by atoms with Gasteiger partial charge < -0.3 is 5.32 Å². The van der Waals surface area contributed by atoms with E-state index in [-0.39, 0.29) is 17.6 Å². The van der Waals surface area contributed by atoms with Crippen LogP contribution in [-0.4, -0.2) is 20.7 Å². The zero-order valence-electron chi connectivity index (χ0n) is 13.0. The number of halogens is 1. The lowest BCUT2D eigenvalue weighted by Crippen LogP contribution is -2.32. The van der Waals surface area contributed by atoms with Gasteiger partial charge in [-0.15, -0.1) is 0 Å². The molecule has 3 aromatic rings. The average Bonchev–Trinajstić information content (AvgIpc) is 2.61. The first-order chi connectivity index (χ1) is 11.6. The van der Waals surface area contributed by atoms with Crippen LogP contribution in [0.15, 0.2) is 47.4 Å². The summed E-state index contributed by atoms with van der Waals surface area (Å²) in [6.07, 6.45) is 1.61. The monoisotopic (exact) mass is 326 g/mol. The van der Waals surface area contributed by atoms with Crippen LogP contribution in [0.2, 0.25) is 0 Å². The number of nitrogens with one attached hydrogen (secondary N) is 1. The average molecular weight is 326 g/mol. The fraction of sp³-hybridized carbons (Fsp3) is 0.176. The Morgan fingerprint density at radius 3 is 2.83 bits per heavy atom.